The molecule has 0 aliphatic rings. The van der Waals surface area contributed by atoms with E-state index in [4.69, 9.17) is 9.47 Å². The quantitative estimate of drug-likeness (QED) is 0.365. The number of carbonyl (C=O) groups excluding carboxylic acids is 1. The number of rotatable bonds is 5. The van der Waals surface area contributed by atoms with Gasteiger partial charge in [0.1, 0.15) is 16.3 Å². The van der Waals surface area contributed by atoms with E-state index in [2.05, 4.69) is 4.98 Å². The average Bonchev–Trinajstić information content (AvgIpc) is 3.01. The number of aromatic nitrogens is 2. The molecule has 0 unspecified atom stereocenters. The van der Waals surface area contributed by atoms with Crippen LogP contribution in [0.1, 0.15) is 16.9 Å². The van der Waals surface area contributed by atoms with Crippen LogP contribution in [0.15, 0.2) is 47.5 Å². The van der Waals surface area contributed by atoms with E-state index in [1.54, 1.807) is 19.2 Å². The van der Waals surface area contributed by atoms with Crippen molar-refractivity contribution < 1.29 is 14.3 Å². The number of esters is 1. The van der Waals surface area contributed by atoms with E-state index in [1.807, 2.05) is 38.1 Å². The molecule has 6 nitrogen and oxygen atoms in total. The van der Waals surface area contributed by atoms with Crippen LogP contribution in [-0.4, -0.2) is 22.6 Å². The Kier molecular flexibility index (Phi) is 5.07. The van der Waals surface area contributed by atoms with Gasteiger partial charge in [-0.05, 0) is 54.4 Å². The first-order valence-corrected chi connectivity index (χ1v) is 10.0. The molecular formula is C22H20N2O4S. The third kappa shape index (κ3) is 3.73. The highest BCUT2D eigenvalue weighted by Gasteiger charge is 2.13. The van der Waals surface area contributed by atoms with Gasteiger partial charge >= 0.3 is 5.97 Å². The number of ether oxygens (including phenoxy) is 2. The second-order valence-electron chi connectivity index (χ2n) is 6.81. The summed E-state index contributed by atoms with van der Waals surface area (Å²) in [5, 5.41) is 2.58. The maximum absolute atomic E-state index is 12.7. The van der Waals surface area contributed by atoms with Crippen molar-refractivity contribution in [3.8, 4) is 11.5 Å². The van der Waals surface area contributed by atoms with E-state index in [-0.39, 0.29) is 18.5 Å². The van der Waals surface area contributed by atoms with Gasteiger partial charge in [-0.25, -0.2) is 4.98 Å². The Hall–Kier alpha value is -3.19. The average molecular weight is 408 g/mol. The lowest BCUT2D eigenvalue weighted by Gasteiger charge is -2.08. The number of nitrogens with zero attached hydrogens (tertiary/aromatic N) is 2. The maximum Gasteiger partial charge on any atom is 0.312 e. The van der Waals surface area contributed by atoms with Crippen molar-refractivity contribution in [3.05, 3.63) is 63.5 Å². The summed E-state index contributed by atoms with van der Waals surface area (Å²) in [4.78, 5) is 31.2. The molecule has 2 aromatic carbocycles. The van der Waals surface area contributed by atoms with Gasteiger partial charge in [-0.2, -0.15) is 0 Å². The van der Waals surface area contributed by atoms with Gasteiger partial charge in [0.25, 0.3) is 5.56 Å². The van der Waals surface area contributed by atoms with Gasteiger partial charge in [0, 0.05) is 11.4 Å². The molecule has 0 radical (unpaired) electrons. The second kappa shape index (κ2) is 7.67. The molecule has 0 amide bonds. The van der Waals surface area contributed by atoms with Crippen LogP contribution >= 0.6 is 11.3 Å². The van der Waals surface area contributed by atoms with E-state index >= 15 is 0 Å². The van der Waals surface area contributed by atoms with Crippen molar-refractivity contribution in [2.75, 3.05) is 7.11 Å². The number of benzene rings is 2. The molecule has 0 aliphatic carbocycles. The summed E-state index contributed by atoms with van der Waals surface area (Å²) >= 11 is 1.51. The number of hydrogen-bond acceptors (Lipinski definition) is 6. The number of methoxy groups -OCH3 is 1. The number of fused-ring (bicyclic) bond motifs is 2. The topological polar surface area (TPSA) is 70.4 Å². The molecule has 0 aliphatic heterocycles. The zero-order chi connectivity index (χ0) is 20.5. The lowest BCUT2D eigenvalue weighted by atomic mass is 10.1. The van der Waals surface area contributed by atoms with Crippen molar-refractivity contribution in [2.45, 2.75) is 26.8 Å². The van der Waals surface area contributed by atoms with Crippen molar-refractivity contribution in [1.82, 2.24) is 9.55 Å². The SMILES string of the molecule is COc1ccc2ccc(OC(=O)CCn3cnc4sc(C)c(C)c4c3=O)cc2c1. The summed E-state index contributed by atoms with van der Waals surface area (Å²) in [6, 6.07) is 11.2. The van der Waals surface area contributed by atoms with Crippen molar-refractivity contribution in [2.24, 2.45) is 0 Å². The van der Waals surface area contributed by atoms with E-state index in [9.17, 15) is 9.59 Å². The maximum atomic E-state index is 12.7. The fraction of sp³-hybridized carbons (Fsp3) is 0.227. The molecule has 29 heavy (non-hydrogen) atoms. The summed E-state index contributed by atoms with van der Waals surface area (Å²) in [7, 11) is 1.61. The molecule has 2 heterocycles. The first-order valence-electron chi connectivity index (χ1n) is 9.20. The van der Waals surface area contributed by atoms with Gasteiger partial charge in [-0.1, -0.05) is 12.1 Å². The Bertz CT molecular complexity index is 1290. The summed E-state index contributed by atoms with van der Waals surface area (Å²) in [5.74, 6) is 0.792. The minimum atomic E-state index is -0.405. The molecule has 0 saturated carbocycles. The minimum Gasteiger partial charge on any atom is -0.497 e. The molecule has 0 bridgehead atoms. The lowest BCUT2D eigenvalue weighted by molar-refractivity contribution is -0.134. The molecule has 0 saturated heterocycles. The number of carbonyl (C=O) groups is 1. The third-order valence-electron chi connectivity index (χ3n) is 4.96. The molecule has 4 rings (SSSR count). The van der Waals surface area contributed by atoms with Crippen LogP contribution in [-0.2, 0) is 11.3 Å². The van der Waals surface area contributed by atoms with Crippen molar-refractivity contribution in [3.63, 3.8) is 0 Å². The van der Waals surface area contributed by atoms with Crippen LogP contribution in [0.4, 0.5) is 0 Å². The Balaban J connectivity index is 1.48. The van der Waals surface area contributed by atoms with Crippen LogP contribution < -0.4 is 15.0 Å². The predicted octanol–water partition coefficient (Wildman–Crippen LogP) is 4.23. The van der Waals surface area contributed by atoms with Crippen LogP contribution in [0.5, 0.6) is 11.5 Å². The molecule has 148 valence electrons. The fourth-order valence-electron chi connectivity index (χ4n) is 3.22. The normalized spacial score (nSPS) is 11.1. The van der Waals surface area contributed by atoms with Gasteiger partial charge < -0.3 is 9.47 Å². The number of thiophene rings is 1. The zero-order valence-electron chi connectivity index (χ0n) is 16.4. The van der Waals surface area contributed by atoms with E-state index in [1.165, 1.54) is 22.2 Å². The molecule has 0 atom stereocenters. The highest BCUT2D eigenvalue weighted by Crippen LogP contribution is 2.26. The molecule has 4 aromatic rings. The van der Waals surface area contributed by atoms with Crippen LogP contribution in [0.2, 0.25) is 0 Å². The standard InChI is InChI=1S/C22H20N2O4S/c1-13-14(2)29-21-20(13)22(26)24(12-23-21)9-8-19(25)28-18-7-5-15-4-6-17(27-3)10-16(15)11-18/h4-7,10-12H,8-9H2,1-3H3. The largest absolute Gasteiger partial charge is 0.497 e. The van der Waals surface area contributed by atoms with E-state index < -0.39 is 5.97 Å². The molecule has 7 heteroatoms. The van der Waals surface area contributed by atoms with Crippen molar-refractivity contribution in [1.29, 1.82) is 0 Å². The van der Waals surface area contributed by atoms with E-state index in [0.717, 1.165) is 31.8 Å². The Morgan fingerprint density at radius 1 is 1.10 bits per heavy atom. The van der Waals surface area contributed by atoms with Crippen molar-refractivity contribution >= 4 is 38.3 Å². The monoisotopic (exact) mass is 408 g/mol. The van der Waals surface area contributed by atoms with E-state index in [0.29, 0.717) is 11.1 Å². The fourth-order valence-corrected chi connectivity index (χ4v) is 4.20. The van der Waals surface area contributed by atoms with Crippen LogP contribution in [0.3, 0.4) is 0 Å². The first-order chi connectivity index (χ1) is 14.0. The number of hydrogen-bond donors (Lipinski definition) is 0. The highest BCUT2D eigenvalue weighted by atomic mass is 32.1. The second-order valence-corrected chi connectivity index (χ2v) is 8.01. The Labute approximate surface area is 171 Å². The lowest BCUT2D eigenvalue weighted by Crippen LogP contribution is -2.23. The Morgan fingerprint density at radius 3 is 2.59 bits per heavy atom. The van der Waals surface area contributed by atoms with Gasteiger partial charge in [-0.3, -0.25) is 14.2 Å². The van der Waals surface area contributed by atoms with Gasteiger partial charge in [0.15, 0.2) is 0 Å². The van der Waals surface area contributed by atoms with Gasteiger partial charge in [0.2, 0.25) is 0 Å². The van der Waals surface area contributed by atoms with Gasteiger partial charge in [0.05, 0.1) is 25.2 Å². The molecule has 0 fully saturated rings. The Morgan fingerprint density at radius 2 is 1.83 bits per heavy atom. The molecule has 0 spiro atoms. The number of aryl methyl sites for hydroxylation is 3. The summed E-state index contributed by atoms with van der Waals surface area (Å²) < 4.78 is 12.2. The molecular weight excluding hydrogens is 388 g/mol. The highest BCUT2D eigenvalue weighted by molar-refractivity contribution is 7.18. The first kappa shape index (κ1) is 19.1. The predicted molar refractivity (Wildman–Crippen MR) is 114 cm³/mol. The van der Waals surface area contributed by atoms with Crippen LogP contribution in [0, 0.1) is 13.8 Å². The summed E-state index contributed by atoms with van der Waals surface area (Å²) in [6.07, 6.45) is 1.57. The molecule has 0 N–H and O–H groups in total. The third-order valence-corrected chi connectivity index (χ3v) is 6.08. The zero-order valence-corrected chi connectivity index (χ0v) is 17.2. The summed E-state index contributed by atoms with van der Waals surface area (Å²) in [6.45, 7) is 4.11. The smallest absolute Gasteiger partial charge is 0.312 e. The molecule has 2 aromatic heterocycles. The van der Waals surface area contributed by atoms with Crippen LogP contribution in [0.25, 0.3) is 21.0 Å². The van der Waals surface area contributed by atoms with Gasteiger partial charge in [-0.15, -0.1) is 11.3 Å². The summed E-state index contributed by atoms with van der Waals surface area (Å²) in [5.41, 5.74) is 0.827. The minimum absolute atomic E-state index is 0.0748.